The maximum Gasteiger partial charge on any atom is 0.202 e. The summed E-state index contributed by atoms with van der Waals surface area (Å²) in [4.78, 5) is 4.29. The van der Waals surface area contributed by atoms with Gasteiger partial charge in [-0.1, -0.05) is 6.92 Å². The van der Waals surface area contributed by atoms with E-state index in [1.165, 1.54) is 17.8 Å². The van der Waals surface area contributed by atoms with Crippen LogP contribution in [0.25, 0.3) is 0 Å². The van der Waals surface area contributed by atoms with E-state index < -0.39 is 14.6 Å². The molecule has 0 unspecified atom stereocenters. The standard InChI is InChI=1S/C10H19N3O2S2/c1-5-6-8-12-9(16-13-8)11-7-10(2,3)17(4,14)15/h5-7H2,1-4H3,(H,11,12,13). The third-order valence-corrected chi connectivity index (χ3v) is 5.47. The molecule has 0 aliphatic heterocycles. The van der Waals surface area contributed by atoms with Crippen molar-refractivity contribution in [2.45, 2.75) is 38.4 Å². The van der Waals surface area contributed by atoms with Gasteiger partial charge in [-0.2, -0.15) is 4.37 Å². The molecule has 1 rings (SSSR count). The summed E-state index contributed by atoms with van der Waals surface area (Å²) in [6, 6.07) is 0. The lowest BCUT2D eigenvalue weighted by molar-refractivity contribution is 0.560. The molecule has 0 spiro atoms. The molecule has 0 bridgehead atoms. The molecule has 0 amide bonds. The van der Waals surface area contributed by atoms with Crippen LogP contribution < -0.4 is 5.32 Å². The third kappa shape index (κ3) is 3.92. The Labute approximate surface area is 107 Å². The molecule has 5 nitrogen and oxygen atoms in total. The Morgan fingerprint density at radius 2 is 2.06 bits per heavy atom. The fraction of sp³-hybridized carbons (Fsp3) is 0.800. The summed E-state index contributed by atoms with van der Waals surface area (Å²) in [6.45, 7) is 5.81. The minimum absolute atomic E-state index is 0.340. The molecule has 1 heterocycles. The molecule has 0 fully saturated rings. The molecule has 0 aliphatic carbocycles. The molecule has 0 aromatic carbocycles. The molecule has 7 heteroatoms. The first kappa shape index (κ1) is 14.4. The fourth-order valence-corrected chi connectivity index (χ4v) is 2.01. The van der Waals surface area contributed by atoms with Crippen LogP contribution >= 0.6 is 11.5 Å². The molecular formula is C10H19N3O2S2. The summed E-state index contributed by atoms with van der Waals surface area (Å²) in [5, 5.41) is 3.72. The van der Waals surface area contributed by atoms with Gasteiger partial charge in [0.25, 0.3) is 0 Å². The number of hydrogen-bond acceptors (Lipinski definition) is 6. The van der Waals surface area contributed by atoms with Gasteiger partial charge in [0.2, 0.25) is 5.13 Å². The van der Waals surface area contributed by atoms with Crippen molar-refractivity contribution in [3.63, 3.8) is 0 Å². The highest BCUT2D eigenvalue weighted by Gasteiger charge is 2.30. The number of nitrogens with one attached hydrogen (secondary N) is 1. The number of nitrogens with zero attached hydrogens (tertiary/aromatic N) is 2. The first-order valence-electron chi connectivity index (χ1n) is 5.52. The SMILES string of the molecule is CCCc1nsc(NCC(C)(C)S(C)(=O)=O)n1. The number of anilines is 1. The number of aryl methyl sites for hydroxylation is 1. The van der Waals surface area contributed by atoms with Gasteiger partial charge in [-0.25, -0.2) is 13.4 Å². The molecule has 17 heavy (non-hydrogen) atoms. The average Bonchev–Trinajstić information content (AvgIpc) is 2.62. The van der Waals surface area contributed by atoms with Crippen LogP contribution in [0.5, 0.6) is 0 Å². The average molecular weight is 277 g/mol. The zero-order valence-electron chi connectivity index (χ0n) is 10.6. The van der Waals surface area contributed by atoms with Crippen LogP contribution in [0, 0.1) is 0 Å². The zero-order chi connectivity index (χ0) is 13.1. The van der Waals surface area contributed by atoms with Crippen molar-refractivity contribution in [3.05, 3.63) is 5.82 Å². The predicted molar refractivity (Wildman–Crippen MR) is 71.3 cm³/mol. The van der Waals surface area contributed by atoms with Gasteiger partial charge in [0.1, 0.15) is 5.82 Å². The lowest BCUT2D eigenvalue weighted by Gasteiger charge is -2.22. The van der Waals surface area contributed by atoms with Crippen LogP contribution in [0.1, 0.15) is 33.0 Å². The Balaban J connectivity index is 2.61. The van der Waals surface area contributed by atoms with E-state index in [1.807, 2.05) is 0 Å². The van der Waals surface area contributed by atoms with Crippen molar-refractivity contribution in [2.75, 3.05) is 18.1 Å². The van der Waals surface area contributed by atoms with Crippen LogP contribution in [0.2, 0.25) is 0 Å². The maximum atomic E-state index is 11.5. The number of aromatic nitrogens is 2. The molecular weight excluding hydrogens is 258 g/mol. The largest absolute Gasteiger partial charge is 0.359 e. The van der Waals surface area contributed by atoms with Gasteiger partial charge in [-0.3, -0.25) is 0 Å². The molecule has 0 aliphatic rings. The topological polar surface area (TPSA) is 72.0 Å². The lowest BCUT2D eigenvalue weighted by atomic mass is 10.2. The second kappa shape index (κ2) is 5.30. The number of rotatable bonds is 6. The van der Waals surface area contributed by atoms with Crippen molar-refractivity contribution >= 4 is 26.5 Å². The van der Waals surface area contributed by atoms with E-state index in [2.05, 4.69) is 21.6 Å². The maximum absolute atomic E-state index is 11.5. The quantitative estimate of drug-likeness (QED) is 0.857. The summed E-state index contributed by atoms with van der Waals surface area (Å²) in [6.07, 6.45) is 3.11. The summed E-state index contributed by atoms with van der Waals surface area (Å²) in [5.74, 6) is 0.817. The van der Waals surface area contributed by atoms with E-state index in [9.17, 15) is 8.42 Å². The van der Waals surface area contributed by atoms with E-state index >= 15 is 0 Å². The van der Waals surface area contributed by atoms with Crippen LogP contribution in [-0.4, -0.2) is 35.3 Å². The monoisotopic (exact) mass is 277 g/mol. The molecule has 98 valence electrons. The highest BCUT2D eigenvalue weighted by molar-refractivity contribution is 7.92. The molecule has 1 N–H and O–H groups in total. The fourth-order valence-electron chi connectivity index (χ4n) is 1.07. The van der Waals surface area contributed by atoms with E-state index in [-0.39, 0.29) is 0 Å². The molecule has 0 radical (unpaired) electrons. The summed E-state index contributed by atoms with van der Waals surface area (Å²) in [5.41, 5.74) is 0. The first-order chi connectivity index (χ1) is 7.76. The highest BCUT2D eigenvalue weighted by atomic mass is 32.2. The van der Waals surface area contributed by atoms with Crippen LogP contribution in [0.3, 0.4) is 0 Å². The summed E-state index contributed by atoms with van der Waals surface area (Å²) in [7, 11) is -3.08. The Bertz CT molecular complexity index is 466. The van der Waals surface area contributed by atoms with Crippen molar-refractivity contribution in [3.8, 4) is 0 Å². The van der Waals surface area contributed by atoms with Crippen molar-refractivity contribution in [1.29, 1.82) is 0 Å². The second-order valence-electron chi connectivity index (χ2n) is 4.65. The van der Waals surface area contributed by atoms with E-state index in [4.69, 9.17) is 0 Å². The van der Waals surface area contributed by atoms with E-state index in [1.54, 1.807) is 13.8 Å². The smallest absolute Gasteiger partial charge is 0.202 e. The Hall–Kier alpha value is -0.690. The van der Waals surface area contributed by atoms with E-state index in [0.717, 1.165) is 18.7 Å². The van der Waals surface area contributed by atoms with Gasteiger partial charge in [0, 0.05) is 30.8 Å². The molecule has 0 saturated heterocycles. The molecule has 0 atom stereocenters. The lowest BCUT2D eigenvalue weighted by Crippen LogP contribution is -2.38. The van der Waals surface area contributed by atoms with Gasteiger partial charge in [-0.05, 0) is 20.3 Å². The summed E-state index contributed by atoms with van der Waals surface area (Å²) < 4.78 is 26.4. The van der Waals surface area contributed by atoms with Gasteiger partial charge < -0.3 is 5.32 Å². The van der Waals surface area contributed by atoms with Gasteiger partial charge in [0.05, 0.1) is 4.75 Å². The predicted octanol–water partition coefficient (Wildman–Crippen LogP) is 1.73. The Kier molecular flexibility index (Phi) is 4.48. The third-order valence-electron chi connectivity index (χ3n) is 2.61. The van der Waals surface area contributed by atoms with Gasteiger partial charge >= 0.3 is 0 Å². The minimum atomic E-state index is -3.08. The Morgan fingerprint density at radius 3 is 2.59 bits per heavy atom. The second-order valence-corrected chi connectivity index (χ2v) is 8.05. The number of hydrogen-bond donors (Lipinski definition) is 1. The van der Waals surface area contributed by atoms with Gasteiger partial charge in [-0.15, -0.1) is 0 Å². The van der Waals surface area contributed by atoms with Crippen molar-refractivity contribution < 1.29 is 8.42 Å². The van der Waals surface area contributed by atoms with Crippen LogP contribution in [-0.2, 0) is 16.3 Å². The normalized spacial score (nSPS) is 12.7. The van der Waals surface area contributed by atoms with Crippen molar-refractivity contribution in [1.82, 2.24) is 9.36 Å². The van der Waals surface area contributed by atoms with Gasteiger partial charge in [0.15, 0.2) is 9.84 Å². The summed E-state index contributed by atoms with van der Waals surface area (Å²) >= 11 is 1.27. The molecule has 1 aromatic heterocycles. The van der Waals surface area contributed by atoms with Crippen molar-refractivity contribution in [2.24, 2.45) is 0 Å². The number of sulfone groups is 1. The van der Waals surface area contributed by atoms with Crippen LogP contribution in [0.15, 0.2) is 0 Å². The first-order valence-corrected chi connectivity index (χ1v) is 8.19. The molecule has 0 saturated carbocycles. The minimum Gasteiger partial charge on any atom is -0.359 e. The molecule has 1 aromatic rings. The van der Waals surface area contributed by atoms with Crippen LogP contribution in [0.4, 0.5) is 5.13 Å². The Morgan fingerprint density at radius 1 is 1.41 bits per heavy atom. The van der Waals surface area contributed by atoms with E-state index in [0.29, 0.717) is 11.7 Å². The zero-order valence-corrected chi connectivity index (χ0v) is 12.3. The highest BCUT2D eigenvalue weighted by Crippen LogP contribution is 2.18.